The van der Waals surface area contributed by atoms with Gasteiger partial charge in [-0.25, -0.2) is 0 Å². The van der Waals surface area contributed by atoms with Gasteiger partial charge in [-0.2, -0.15) is 0 Å². The summed E-state index contributed by atoms with van der Waals surface area (Å²) in [6.07, 6.45) is 1.05. The zero-order chi connectivity index (χ0) is 12.6. The van der Waals surface area contributed by atoms with Gasteiger partial charge in [0, 0.05) is 32.3 Å². The van der Waals surface area contributed by atoms with E-state index in [1.165, 1.54) is 0 Å². The Morgan fingerprint density at radius 1 is 1.06 bits per heavy atom. The minimum absolute atomic E-state index is 0.0588. The number of ether oxygens (including phenoxy) is 3. The van der Waals surface area contributed by atoms with Gasteiger partial charge in [0.05, 0.1) is 33.0 Å². The number of rotatable bonds is 10. The molecule has 0 aromatic rings. The first-order valence-electron chi connectivity index (χ1n) is 6.36. The first-order chi connectivity index (χ1) is 8.20. The maximum atomic E-state index is 6.08. The van der Waals surface area contributed by atoms with Crippen molar-refractivity contribution in [2.75, 3.05) is 59.8 Å². The van der Waals surface area contributed by atoms with E-state index in [-0.39, 0.29) is 5.54 Å². The van der Waals surface area contributed by atoms with Crippen LogP contribution < -0.4 is 5.73 Å². The van der Waals surface area contributed by atoms with Crippen LogP contribution >= 0.6 is 0 Å². The molecule has 17 heavy (non-hydrogen) atoms. The Labute approximate surface area is 104 Å². The molecule has 1 rings (SSSR count). The second-order valence-corrected chi connectivity index (χ2v) is 4.64. The van der Waals surface area contributed by atoms with E-state index in [0.29, 0.717) is 26.4 Å². The van der Waals surface area contributed by atoms with E-state index < -0.39 is 0 Å². The van der Waals surface area contributed by atoms with Crippen LogP contribution in [0.1, 0.15) is 13.3 Å². The second kappa shape index (κ2) is 8.00. The van der Waals surface area contributed by atoms with Crippen molar-refractivity contribution in [3.8, 4) is 0 Å². The lowest BCUT2D eigenvalue weighted by molar-refractivity contribution is 0.00160. The summed E-state index contributed by atoms with van der Waals surface area (Å²) in [4.78, 5) is 2.33. The molecular formula is C12H26N2O3. The third kappa shape index (κ3) is 5.79. The first kappa shape index (κ1) is 14.9. The van der Waals surface area contributed by atoms with Crippen molar-refractivity contribution in [2.45, 2.75) is 18.9 Å². The number of nitrogens with zero attached hydrogens (tertiary/aromatic N) is 1. The van der Waals surface area contributed by atoms with Gasteiger partial charge in [-0.1, -0.05) is 6.92 Å². The lowest BCUT2D eigenvalue weighted by Gasteiger charge is -2.47. The monoisotopic (exact) mass is 246 g/mol. The quantitative estimate of drug-likeness (QED) is 0.554. The highest BCUT2D eigenvalue weighted by molar-refractivity contribution is 4.98. The van der Waals surface area contributed by atoms with Crippen molar-refractivity contribution in [1.29, 1.82) is 0 Å². The van der Waals surface area contributed by atoms with E-state index in [0.717, 1.165) is 32.7 Å². The zero-order valence-corrected chi connectivity index (χ0v) is 11.1. The van der Waals surface area contributed by atoms with Crippen LogP contribution in [0.5, 0.6) is 0 Å². The molecule has 2 N–H and O–H groups in total. The predicted molar refractivity (Wildman–Crippen MR) is 67.2 cm³/mol. The summed E-state index contributed by atoms with van der Waals surface area (Å²) in [6.45, 7) is 8.43. The van der Waals surface area contributed by atoms with Gasteiger partial charge < -0.3 is 19.9 Å². The first-order valence-corrected chi connectivity index (χ1v) is 6.36. The molecule has 1 heterocycles. The molecule has 5 nitrogen and oxygen atoms in total. The molecule has 5 heteroatoms. The van der Waals surface area contributed by atoms with E-state index in [1.54, 1.807) is 7.11 Å². The van der Waals surface area contributed by atoms with Crippen molar-refractivity contribution < 1.29 is 14.2 Å². The Kier molecular flexibility index (Phi) is 6.99. The van der Waals surface area contributed by atoms with Crippen LogP contribution in [0.4, 0.5) is 0 Å². The number of likely N-dealkylation sites (tertiary alicyclic amines) is 1. The fraction of sp³-hybridized carbons (Fsp3) is 1.00. The molecule has 1 saturated heterocycles. The predicted octanol–water partition coefficient (Wildman–Crippen LogP) is 0.0891. The molecule has 0 radical (unpaired) electrons. The third-order valence-electron chi connectivity index (χ3n) is 3.14. The fourth-order valence-corrected chi connectivity index (χ4v) is 1.88. The summed E-state index contributed by atoms with van der Waals surface area (Å²) in [5, 5.41) is 0. The highest BCUT2D eigenvalue weighted by Gasteiger charge is 2.36. The number of nitrogens with two attached hydrogens (primary N) is 1. The third-order valence-corrected chi connectivity index (χ3v) is 3.14. The zero-order valence-electron chi connectivity index (χ0n) is 11.1. The molecule has 0 aromatic carbocycles. The Morgan fingerprint density at radius 3 is 2.24 bits per heavy atom. The van der Waals surface area contributed by atoms with Crippen molar-refractivity contribution in [2.24, 2.45) is 5.73 Å². The molecule has 0 unspecified atom stereocenters. The number of hydrogen-bond donors (Lipinski definition) is 1. The van der Waals surface area contributed by atoms with Gasteiger partial charge in [0.2, 0.25) is 0 Å². The number of hydrogen-bond acceptors (Lipinski definition) is 5. The van der Waals surface area contributed by atoms with E-state index in [9.17, 15) is 0 Å². The largest absolute Gasteiger partial charge is 0.382 e. The van der Waals surface area contributed by atoms with Crippen LogP contribution in [-0.2, 0) is 14.2 Å². The van der Waals surface area contributed by atoms with E-state index >= 15 is 0 Å². The average molecular weight is 246 g/mol. The Balaban J connectivity index is 1.80. The highest BCUT2D eigenvalue weighted by Crippen LogP contribution is 2.20. The average Bonchev–Trinajstić information content (AvgIpc) is 2.29. The maximum absolute atomic E-state index is 6.08. The Morgan fingerprint density at radius 2 is 1.65 bits per heavy atom. The van der Waals surface area contributed by atoms with Gasteiger partial charge in [-0.3, -0.25) is 4.90 Å². The van der Waals surface area contributed by atoms with Crippen molar-refractivity contribution >= 4 is 0 Å². The normalized spacial score (nSPS) is 19.2. The molecule has 1 fully saturated rings. The van der Waals surface area contributed by atoms with Crippen LogP contribution in [0.2, 0.25) is 0 Å². The fourth-order valence-electron chi connectivity index (χ4n) is 1.88. The van der Waals surface area contributed by atoms with Crippen LogP contribution in [-0.4, -0.2) is 70.2 Å². The van der Waals surface area contributed by atoms with Crippen LogP contribution in [0, 0.1) is 0 Å². The van der Waals surface area contributed by atoms with E-state index in [2.05, 4.69) is 11.8 Å². The minimum atomic E-state index is 0.0588. The molecule has 0 saturated carbocycles. The van der Waals surface area contributed by atoms with Gasteiger partial charge in [0.25, 0.3) is 0 Å². The molecule has 102 valence electrons. The molecule has 0 spiro atoms. The molecule has 0 aromatic heterocycles. The summed E-state index contributed by atoms with van der Waals surface area (Å²) >= 11 is 0. The summed E-state index contributed by atoms with van der Waals surface area (Å²) in [7, 11) is 1.67. The second-order valence-electron chi connectivity index (χ2n) is 4.64. The topological polar surface area (TPSA) is 57.0 Å². The Hall–Kier alpha value is -0.200. The molecule has 0 atom stereocenters. The van der Waals surface area contributed by atoms with Crippen molar-refractivity contribution in [3.05, 3.63) is 0 Å². The van der Waals surface area contributed by atoms with Crippen molar-refractivity contribution in [3.63, 3.8) is 0 Å². The lowest BCUT2D eigenvalue weighted by Crippen LogP contribution is -2.67. The molecule has 1 aliphatic rings. The molecule has 0 amide bonds. The SMILES string of the molecule is CCC1(N)CN(CCOCCOCCOC)C1. The van der Waals surface area contributed by atoms with E-state index in [4.69, 9.17) is 19.9 Å². The molecule has 0 bridgehead atoms. The summed E-state index contributed by atoms with van der Waals surface area (Å²) in [5.74, 6) is 0. The van der Waals surface area contributed by atoms with Gasteiger partial charge in [0.1, 0.15) is 0 Å². The number of methoxy groups -OCH3 is 1. The molecule has 1 aliphatic heterocycles. The van der Waals surface area contributed by atoms with Crippen LogP contribution in [0.25, 0.3) is 0 Å². The van der Waals surface area contributed by atoms with Gasteiger partial charge in [-0.15, -0.1) is 0 Å². The van der Waals surface area contributed by atoms with Crippen molar-refractivity contribution in [1.82, 2.24) is 4.90 Å². The Bertz CT molecular complexity index is 196. The van der Waals surface area contributed by atoms with E-state index in [1.807, 2.05) is 0 Å². The standard InChI is InChI=1S/C12H26N2O3/c1-3-12(13)10-14(11-12)4-5-16-8-9-17-7-6-15-2/h3-11,13H2,1-2H3. The van der Waals surface area contributed by atoms with Gasteiger partial charge >= 0.3 is 0 Å². The lowest BCUT2D eigenvalue weighted by atomic mass is 9.88. The summed E-state index contributed by atoms with van der Waals surface area (Å²) < 4.78 is 15.6. The highest BCUT2D eigenvalue weighted by atomic mass is 16.5. The molecular weight excluding hydrogens is 220 g/mol. The minimum Gasteiger partial charge on any atom is -0.382 e. The molecule has 0 aliphatic carbocycles. The van der Waals surface area contributed by atoms with Gasteiger partial charge in [-0.05, 0) is 6.42 Å². The maximum Gasteiger partial charge on any atom is 0.0701 e. The van der Waals surface area contributed by atoms with Crippen LogP contribution in [0.3, 0.4) is 0 Å². The smallest absolute Gasteiger partial charge is 0.0701 e. The van der Waals surface area contributed by atoms with Crippen LogP contribution in [0.15, 0.2) is 0 Å². The summed E-state index contributed by atoms with van der Waals surface area (Å²) in [6, 6.07) is 0. The summed E-state index contributed by atoms with van der Waals surface area (Å²) in [5.41, 5.74) is 6.14. The van der Waals surface area contributed by atoms with Gasteiger partial charge in [0.15, 0.2) is 0 Å².